The number of methoxy groups -OCH3 is 1. The van der Waals surface area contributed by atoms with Crippen LogP contribution in [-0.4, -0.2) is 43.1 Å². The van der Waals surface area contributed by atoms with Crippen LogP contribution in [0.25, 0.3) is 0 Å². The summed E-state index contributed by atoms with van der Waals surface area (Å²) < 4.78 is 24.4. The molecule has 1 aromatic rings. The summed E-state index contributed by atoms with van der Waals surface area (Å²) in [6, 6.07) is 7.67. The van der Waals surface area contributed by atoms with E-state index in [4.69, 9.17) is 18.3 Å². The lowest BCUT2D eigenvalue weighted by atomic mass is 10.2. The van der Waals surface area contributed by atoms with Gasteiger partial charge >= 0.3 is 0 Å². The summed E-state index contributed by atoms with van der Waals surface area (Å²) in [6.45, 7) is 23.7. The van der Waals surface area contributed by atoms with Crippen molar-refractivity contribution in [2.75, 3.05) is 20.3 Å². The molecule has 28 heavy (non-hydrogen) atoms. The smallest absolute Gasteiger partial charge is 0.192 e. The molecule has 0 bridgehead atoms. The van der Waals surface area contributed by atoms with E-state index in [1.165, 1.54) is 0 Å². The summed E-state index contributed by atoms with van der Waals surface area (Å²) in [5, 5.41) is 0.313. The Morgan fingerprint density at radius 1 is 0.750 bits per heavy atom. The highest BCUT2D eigenvalue weighted by Crippen LogP contribution is 2.39. The molecule has 6 heteroatoms. The predicted octanol–water partition coefficient (Wildman–Crippen LogP) is 6.49. The first-order chi connectivity index (χ1) is 12.6. The average molecular weight is 427 g/mol. The van der Waals surface area contributed by atoms with Gasteiger partial charge in [0, 0.05) is 0 Å². The zero-order chi connectivity index (χ0) is 21.8. The predicted molar refractivity (Wildman–Crippen MR) is 124 cm³/mol. The number of benzene rings is 1. The van der Waals surface area contributed by atoms with Gasteiger partial charge in [-0.2, -0.15) is 0 Å². The van der Waals surface area contributed by atoms with Gasteiger partial charge in [0.25, 0.3) is 0 Å². The van der Waals surface area contributed by atoms with Crippen molar-refractivity contribution in [2.45, 2.75) is 83.9 Å². The highest BCUT2D eigenvalue weighted by atomic mass is 28.4. The van der Waals surface area contributed by atoms with Crippen LogP contribution in [0, 0.1) is 0 Å². The minimum atomic E-state index is -1.93. The summed E-state index contributed by atoms with van der Waals surface area (Å²) in [5.41, 5.74) is 0. The van der Waals surface area contributed by atoms with E-state index in [1.54, 1.807) is 7.11 Å². The molecule has 4 nitrogen and oxygen atoms in total. The van der Waals surface area contributed by atoms with E-state index in [9.17, 15) is 0 Å². The SMILES string of the molecule is COc1ccc(OC[C@H](CO[Si](C)(C)C(C)(C)C)O[Si](C)(C)C(C)(C)C)cc1. The first kappa shape index (κ1) is 25.2. The van der Waals surface area contributed by atoms with Crippen molar-refractivity contribution in [2.24, 2.45) is 0 Å². The second kappa shape index (κ2) is 9.33. The molecule has 0 radical (unpaired) electrons. The topological polar surface area (TPSA) is 36.9 Å². The highest BCUT2D eigenvalue weighted by molar-refractivity contribution is 6.74. The molecule has 0 saturated carbocycles. The fourth-order valence-corrected chi connectivity index (χ4v) is 4.45. The Kier molecular flexibility index (Phi) is 8.40. The molecule has 0 N–H and O–H groups in total. The van der Waals surface area contributed by atoms with E-state index >= 15 is 0 Å². The van der Waals surface area contributed by atoms with Crippen LogP contribution < -0.4 is 9.47 Å². The number of hydrogen-bond donors (Lipinski definition) is 0. The molecule has 0 amide bonds. The van der Waals surface area contributed by atoms with E-state index in [-0.39, 0.29) is 16.2 Å². The standard InChI is InChI=1S/C22H42O4Si2/c1-21(2,3)27(8,9)25-17-20(26-28(10,11)22(4,5)6)16-24-19-14-12-18(23-7)13-15-19/h12-15,20H,16-17H2,1-11H3/t20-/m1/s1. The molecule has 0 fully saturated rings. The van der Waals surface area contributed by atoms with Crippen molar-refractivity contribution < 1.29 is 18.3 Å². The Labute approximate surface area is 175 Å². The fourth-order valence-electron chi connectivity index (χ4n) is 2.09. The molecule has 162 valence electrons. The monoisotopic (exact) mass is 426 g/mol. The van der Waals surface area contributed by atoms with E-state index in [2.05, 4.69) is 67.7 Å². The van der Waals surface area contributed by atoms with Crippen molar-refractivity contribution in [1.29, 1.82) is 0 Å². The highest BCUT2D eigenvalue weighted by Gasteiger charge is 2.41. The van der Waals surface area contributed by atoms with Gasteiger partial charge in [0.1, 0.15) is 24.2 Å². The van der Waals surface area contributed by atoms with Gasteiger partial charge in [0.15, 0.2) is 16.6 Å². The molecule has 0 aliphatic carbocycles. The molecular weight excluding hydrogens is 384 g/mol. The van der Waals surface area contributed by atoms with E-state index in [0.717, 1.165) is 11.5 Å². The Morgan fingerprint density at radius 2 is 1.21 bits per heavy atom. The zero-order valence-corrected chi connectivity index (χ0v) is 21.9. The quantitative estimate of drug-likeness (QED) is 0.423. The van der Waals surface area contributed by atoms with Crippen LogP contribution in [0.1, 0.15) is 41.5 Å². The van der Waals surface area contributed by atoms with Gasteiger partial charge in [-0.25, -0.2) is 0 Å². The molecular formula is C22H42O4Si2. The van der Waals surface area contributed by atoms with Crippen LogP contribution in [0.3, 0.4) is 0 Å². The summed E-state index contributed by atoms with van der Waals surface area (Å²) in [7, 11) is -2.11. The van der Waals surface area contributed by atoms with Crippen LogP contribution in [0.15, 0.2) is 24.3 Å². The molecule has 1 aromatic carbocycles. The maximum atomic E-state index is 6.66. The van der Waals surface area contributed by atoms with Crippen molar-refractivity contribution in [1.82, 2.24) is 0 Å². The maximum Gasteiger partial charge on any atom is 0.192 e. The minimum Gasteiger partial charge on any atom is -0.497 e. The summed E-state index contributed by atoms with van der Waals surface area (Å²) in [4.78, 5) is 0. The summed E-state index contributed by atoms with van der Waals surface area (Å²) >= 11 is 0. The first-order valence-corrected chi connectivity index (χ1v) is 16.0. The number of hydrogen-bond acceptors (Lipinski definition) is 4. The Morgan fingerprint density at radius 3 is 1.64 bits per heavy atom. The number of rotatable bonds is 9. The lowest BCUT2D eigenvalue weighted by Crippen LogP contribution is -2.49. The molecule has 1 atom stereocenters. The third-order valence-corrected chi connectivity index (χ3v) is 15.2. The van der Waals surface area contributed by atoms with Gasteiger partial charge in [0.2, 0.25) is 0 Å². The normalized spacial score (nSPS) is 14.7. The summed E-state index contributed by atoms with van der Waals surface area (Å²) in [5.74, 6) is 1.64. The molecule has 0 spiro atoms. The average Bonchev–Trinajstić information content (AvgIpc) is 2.55. The van der Waals surface area contributed by atoms with Gasteiger partial charge in [-0.3, -0.25) is 0 Å². The van der Waals surface area contributed by atoms with Crippen LogP contribution in [-0.2, 0) is 8.85 Å². The Hall–Kier alpha value is -0.826. The van der Waals surface area contributed by atoms with Crippen LogP contribution in [0.5, 0.6) is 11.5 Å². The fraction of sp³-hybridized carbons (Fsp3) is 0.727. The van der Waals surface area contributed by atoms with Crippen LogP contribution >= 0.6 is 0 Å². The van der Waals surface area contributed by atoms with Crippen LogP contribution in [0.4, 0.5) is 0 Å². The van der Waals surface area contributed by atoms with Crippen molar-refractivity contribution in [3.8, 4) is 11.5 Å². The molecule has 0 heterocycles. The first-order valence-electron chi connectivity index (χ1n) is 10.2. The molecule has 0 aliphatic heterocycles. The van der Waals surface area contributed by atoms with E-state index in [1.807, 2.05) is 24.3 Å². The van der Waals surface area contributed by atoms with Gasteiger partial charge in [-0.1, -0.05) is 41.5 Å². The molecule has 0 unspecified atom stereocenters. The van der Waals surface area contributed by atoms with Crippen molar-refractivity contribution in [3.63, 3.8) is 0 Å². The minimum absolute atomic E-state index is 0.0860. The summed E-state index contributed by atoms with van der Waals surface area (Å²) in [6.07, 6.45) is -0.0860. The number of ether oxygens (including phenoxy) is 2. The molecule has 0 saturated heterocycles. The van der Waals surface area contributed by atoms with Gasteiger partial charge in [-0.05, 0) is 60.5 Å². The van der Waals surface area contributed by atoms with E-state index in [0.29, 0.717) is 13.2 Å². The van der Waals surface area contributed by atoms with E-state index < -0.39 is 16.6 Å². The second-order valence-corrected chi connectivity index (χ2v) is 20.1. The Bertz CT molecular complexity index is 598. The van der Waals surface area contributed by atoms with Crippen molar-refractivity contribution >= 4 is 16.6 Å². The lowest BCUT2D eigenvalue weighted by molar-refractivity contribution is 0.0653. The largest absolute Gasteiger partial charge is 0.497 e. The molecule has 1 rings (SSSR count). The third-order valence-electron chi connectivity index (χ3n) is 6.20. The zero-order valence-electron chi connectivity index (χ0n) is 19.9. The Balaban J connectivity index is 2.87. The van der Waals surface area contributed by atoms with Crippen molar-refractivity contribution in [3.05, 3.63) is 24.3 Å². The lowest BCUT2D eigenvalue weighted by Gasteiger charge is -2.41. The molecule has 0 aliphatic rings. The van der Waals surface area contributed by atoms with Crippen LogP contribution in [0.2, 0.25) is 36.3 Å². The van der Waals surface area contributed by atoms with Gasteiger partial charge in [0.05, 0.1) is 13.7 Å². The second-order valence-electron chi connectivity index (χ2n) is 10.6. The molecule has 0 aromatic heterocycles. The third kappa shape index (κ3) is 7.21. The maximum absolute atomic E-state index is 6.66. The van der Waals surface area contributed by atoms with Gasteiger partial charge in [-0.15, -0.1) is 0 Å². The van der Waals surface area contributed by atoms with Gasteiger partial charge < -0.3 is 18.3 Å².